The van der Waals surface area contributed by atoms with E-state index in [0.29, 0.717) is 23.4 Å². The van der Waals surface area contributed by atoms with Crippen molar-refractivity contribution in [1.82, 2.24) is 15.1 Å². The number of thioether (sulfide) groups is 1. The number of hydrogen-bond donors (Lipinski definition) is 1. The van der Waals surface area contributed by atoms with Gasteiger partial charge in [0.05, 0.1) is 6.54 Å². The zero-order valence-corrected chi connectivity index (χ0v) is 16.3. The summed E-state index contributed by atoms with van der Waals surface area (Å²) < 4.78 is 10.8. The lowest BCUT2D eigenvalue weighted by atomic mass is 10.3. The first-order valence-electron chi connectivity index (χ1n) is 8.85. The maximum absolute atomic E-state index is 12.2. The molecule has 1 aliphatic heterocycles. The number of carbonyl (C=O) groups excluding carboxylic acids is 1. The lowest BCUT2D eigenvalue weighted by Gasteiger charge is -2.25. The van der Waals surface area contributed by atoms with Crippen LogP contribution in [0.5, 0.6) is 5.75 Å². The van der Waals surface area contributed by atoms with Crippen LogP contribution in [-0.2, 0) is 11.3 Å². The highest BCUT2D eigenvalue weighted by Gasteiger charge is 2.27. The average molecular weight is 409 g/mol. The molecule has 144 valence electrons. The Morgan fingerprint density at radius 3 is 2.89 bits per heavy atom. The summed E-state index contributed by atoms with van der Waals surface area (Å²) in [7, 11) is 0. The number of rotatable bonds is 7. The van der Waals surface area contributed by atoms with Gasteiger partial charge in [0, 0.05) is 36.6 Å². The van der Waals surface area contributed by atoms with E-state index in [1.165, 1.54) is 23.7 Å². The summed E-state index contributed by atoms with van der Waals surface area (Å²) in [5, 5.41) is 12.1. The number of anilines is 1. The minimum Gasteiger partial charge on any atom is -0.477 e. The number of amides is 1. The number of carbonyl (C=O) groups is 1. The molecule has 1 saturated carbocycles. The molecule has 2 fully saturated rings. The normalized spacial score (nSPS) is 17.6. The standard InChI is InChI=1S/C17H20N4O4S2/c22-13-7-12(8-21-3-5-26-6-4-21)24-9-14(13)25-10-15(23)18-17-20-19-16(27-17)11-1-2-11/h7,9,11H,1-6,8,10H2,(H,18,20,23). The van der Waals surface area contributed by atoms with Crippen LogP contribution in [0, 0.1) is 0 Å². The largest absolute Gasteiger partial charge is 0.477 e. The van der Waals surface area contributed by atoms with Gasteiger partial charge in [0.25, 0.3) is 5.91 Å². The molecule has 0 spiro atoms. The van der Waals surface area contributed by atoms with E-state index >= 15 is 0 Å². The molecule has 1 aliphatic carbocycles. The predicted octanol–water partition coefficient (Wildman–Crippen LogP) is 1.93. The van der Waals surface area contributed by atoms with E-state index in [1.807, 2.05) is 11.8 Å². The van der Waals surface area contributed by atoms with Crippen molar-refractivity contribution < 1.29 is 13.9 Å². The first-order chi connectivity index (χ1) is 13.2. The third-order valence-electron chi connectivity index (χ3n) is 4.31. The van der Waals surface area contributed by atoms with Gasteiger partial charge >= 0.3 is 0 Å². The van der Waals surface area contributed by atoms with Crippen molar-refractivity contribution in [2.75, 3.05) is 36.5 Å². The Balaban J connectivity index is 1.28. The summed E-state index contributed by atoms with van der Waals surface area (Å²) in [5.74, 6) is 2.93. The fourth-order valence-electron chi connectivity index (χ4n) is 2.69. The Morgan fingerprint density at radius 2 is 2.15 bits per heavy atom. The highest BCUT2D eigenvalue weighted by Crippen LogP contribution is 2.42. The van der Waals surface area contributed by atoms with Gasteiger partial charge in [-0.05, 0) is 12.8 Å². The highest BCUT2D eigenvalue weighted by molar-refractivity contribution is 7.99. The topological polar surface area (TPSA) is 97.6 Å². The van der Waals surface area contributed by atoms with Crippen molar-refractivity contribution in [2.24, 2.45) is 0 Å². The molecule has 2 aromatic heterocycles. The van der Waals surface area contributed by atoms with Gasteiger partial charge in [-0.15, -0.1) is 10.2 Å². The lowest BCUT2D eigenvalue weighted by Crippen LogP contribution is -2.32. The van der Waals surface area contributed by atoms with Crippen molar-refractivity contribution in [3.05, 3.63) is 33.3 Å². The van der Waals surface area contributed by atoms with Crippen LogP contribution >= 0.6 is 23.1 Å². The molecule has 8 nitrogen and oxygen atoms in total. The minimum absolute atomic E-state index is 0.0269. The molecule has 0 atom stereocenters. The average Bonchev–Trinajstić information content (AvgIpc) is 3.42. The first-order valence-corrected chi connectivity index (χ1v) is 10.8. The van der Waals surface area contributed by atoms with Gasteiger partial charge in [0.15, 0.2) is 6.61 Å². The van der Waals surface area contributed by atoms with Gasteiger partial charge in [-0.2, -0.15) is 11.8 Å². The predicted molar refractivity (Wildman–Crippen MR) is 104 cm³/mol. The fourth-order valence-corrected chi connectivity index (χ4v) is 4.59. The quantitative estimate of drug-likeness (QED) is 0.742. The van der Waals surface area contributed by atoms with E-state index in [-0.39, 0.29) is 23.7 Å². The van der Waals surface area contributed by atoms with Crippen LogP contribution in [-0.4, -0.2) is 52.2 Å². The fraction of sp³-hybridized carbons (Fsp3) is 0.529. The van der Waals surface area contributed by atoms with Crippen LogP contribution in [0.1, 0.15) is 29.5 Å². The molecule has 27 heavy (non-hydrogen) atoms. The molecule has 0 bridgehead atoms. The monoisotopic (exact) mass is 408 g/mol. The van der Waals surface area contributed by atoms with Crippen molar-refractivity contribution in [2.45, 2.75) is 25.3 Å². The maximum atomic E-state index is 12.2. The van der Waals surface area contributed by atoms with Crippen LogP contribution in [0.25, 0.3) is 0 Å². The van der Waals surface area contributed by atoms with Gasteiger partial charge in [0.1, 0.15) is 17.0 Å². The second-order valence-corrected chi connectivity index (χ2v) is 8.75. The third kappa shape index (κ3) is 5.08. The van der Waals surface area contributed by atoms with Gasteiger partial charge < -0.3 is 9.15 Å². The molecule has 1 N–H and O–H groups in total. The summed E-state index contributed by atoms with van der Waals surface area (Å²) in [6.45, 7) is 2.30. The summed E-state index contributed by atoms with van der Waals surface area (Å²) in [4.78, 5) is 26.4. The number of hydrogen-bond acceptors (Lipinski definition) is 9. The van der Waals surface area contributed by atoms with E-state index in [4.69, 9.17) is 9.15 Å². The molecular weight excluding hydrogens is 388 g/mol. The Kier molecular flexibility index (Phi) is 5.74. The molecule has 0 aromatic carbocycles. The van der Waals surface area contributed by atoms with Crippen molar-refractivity contribution in [3.8, 4) is 5.75 Å². The van der Waals surface area contributed by atoms with Crippen LogP contribution in [0.4, 0.5) is 5.13 Å². The van der Waals surface area contributed by atoms with Crippen LogP contribution < -0.4 is 15.5 Å². The van der Waals surface area contributed by atoms with Crippen LogP contribution in [0.2, 0.25) is 0 Å². The molecule has 4 rings (SSSR count). The summed E-state index contributed by atoms with van der Waals surface area (Å²) >= 11 is 3.31. The Morgan fingerprint density at radius 1 is 1.33 bits per heavy atom. The smallest absolute Gasteiger partial charge is 0.264 e. The van der Waals surface area contributed by atoms with Gasteiger partial charge in [-0.25, -0.2) is 0 Å². The molecule has 2 aromatic rings. The van der Waals surface area contributed by atoms with Crippen LogP contribution in [0.3, 0.4) is 0 Å². The molecule has 0 radical (unpaired) electrons. The molecule has 3 heterocycles. The molecular formula is C17H20N4O4S2. The van der Waals surface area contributed by atoms with E-state index < -0.39 is 0 Å². The van der Waals surface area contributed by atoms with Crippen LogP contribution in [0.15, 0.2) is 21.5 Å². The SMILES string of the molecule is O=C(COc1coc(CN2CCSCC2)cc1=O)Nc1nnc(C2CC2)s1. The molecule has 0 unspecified atom stereocenters. The van der Waals surface area contributed by atoms with Crippen molar-refractivity contribution in [1.29, 1.82) is 0 Å². The number of nitrogens with zero attached hydrogens (tertiary/aromatic N) is 3. The second-order valence-electron chi connectivity index (χ2n) is 6.52. The summed E-state index contributed by atoms with van der Waals surface area (Å²) in [6, 6.07) is 1.43. The molecule has 1 saturated heterocycles. The van der Waals surface area contributed by atoms with E-state index in [1.54, 1.807) is 0 Å². The van der Waals surface area contributed by atoms with Crippen molar-refractivity contribution in [3.63, 3.8) is 0 Å². The first kappa shape index (κ1) is 18.5. The number of nitrogens with one attached hydrogen (secondary N) is 1. The molecule has 2 aliphatic rings. The second kappa shape index (κ2) is 8.41. The van der Waals surface area contributed by atoms with E-state index in [0.717, 1.165) is 42.4 Å². The van der Waals surface area contributed by atoms with E-state index in [9.17, 15) is 9.59 Å². The van der Waals surface area contributed by atoms with E-state index in [2.05, 4.69) is 20.4 Å². The zero-order chi connectivity index (χ0) is 18.6. The molecule has 1 amide bonds. The van der Waals surface area contributed by atoms with Gasteiger partial charge in [-0.1, -0.05) is 11.3 Å². The number of ether oxygens (including phenoxy) is 1. The highest BCUT2D eigenvalue weighted by atomic mass is 32.2. The summed E-state index contributed by atoms with van der Waals surface area (Å²) in [5.41, 5.74) is -0.289. The van der Waals surface area contributed by atoms with Crippen molar-refractivity contribution >= 4 is 34.1 Å². The Labute approximate surface area is 164 Å². The Bertz CT molecular complexity index is 859. The minimum atomic E-state index is -0.386. The lowest BCUT2D eigenvalue weighted by molar-refractivity contribution is -0.118. The zero-order valence-electron chi connectivity index (χ0n) is 14.7. The molecule has 10 heteroatoms. The third-order valence-corrected chi connectivity index (χ3v) is 6.25. The number of aromatic nitrogens is 2. The Hall–Kier alpha value is -1.91. The summed E-state index contributed by atoms with van der Waals surface area (Å²) in [6.07, 6.45) is 3.54. The van der Waals surface area contributed by atoms with Gasteiger partial charge in [-0.3, -0.25) is 19.8 Å². The van der Waals surface area contributed by atoms with Gasteiger partial charge in [0.2, 0.25) is 16.3 Å². The maximum Gasteiger partial charge on any atom is 0.264 e.